The second kappa shape index (κ2) is 7.12. The van der Waals surface area contributed by atoms with E-state index in [9.17, 15) is 10.1 Å². The fourth-order valence-electron chi connectivity index (χ4n) is 2.73. The van der Waals surface area contributed by atoms with Crippen LogP contribution in [0.4, 0.5) is 17.3 Å². The lowest BCUT2D eigenvalue weighted by Crippen LogP contribution is -2.47. The molecule has 1 saturated heterocycles. The summed E-state index contributed by atoms with van der Waals surface area (Å²) in [6.07, 6.45) is 1.59. The van der Waals surface area contributed by atoms with Gasteiger partial charge in [-0.2, -0.15) is 4.98 Å². The first-order chi connectivity index (χ1) is 11.7. The molecular formula is C16H19N5O3. The molecule has 0 amide bonds. The molecule has 1 fully saturated rings. The molecule has 0 aromatic carbocycles. The minimum absolute atomic E-state index is 0.0439. The van der Waals surface area contributed by atoms with Gasteiger partial charge in [0.1, 0.15) is 5.82 Å². The van der Waals surface area contributed by atoms with Gasteiger partial charge in [-0.15, -0.1) is 0 Å². The maximum atomic E-state index is 11.2. The zero-order valence-corrected chi connectivity index (χ0v) is 13.5. The van der Waals surface area contributed by atoms with Crippen molar-refractivity contribution in [1.82, 2.24) is 9.97 Å². The van der Waals surface area contributed by atoms with Crippen LogP contribution < -0.4 is 14.5 Å². The van der Waals surface area contributed by atoms with Gasteiger partial charge in [-0.25, -0.2) is 4.98 Å². The summed E-state index contributed by atoms with van der Waals surface area (Å²) in [5, 5.41) is 11.2. The van der Waals surface area contributed by atoms with E-state index in [0.29, 0.717) is 31.4 Å². The summed E-state index contributed by atoms with van der Waals surface area (Å²) in [6, 6.07) is 8.77. The van der Waals surface area contributed by atoms with Gasteiger partial charge in [-0.1, -0.05) is 6.07 Å². The van der Waals surface area contributed by atoms with Crippen molar-refractivity contribution in [2.24, 2.45) is 0 Å². The van der Waals surface area contributed by atoms with E-state index >= 15 is 0 Å². The number of rotatable bonds is 5. The van der Waals surface area contributed by atoms with Crippen molar-refractivity contribution in [2.75, 3.05) is 42.6 Å². The van der Waals surface area contributed by atoms with Crippen LogP contribution in [0.3, 0.4) is 0 Å². The van der Waals surface area contributed by atoms with Crippen LogP contribution in [0.5, 0.6) is 5.88 Å². The van der Waals surface area contributed by atoms with E-state index in [0.717, 1.165) is 18.9 Å². The van der Waals surface area contributed by atoms with Crippen LogP contribution in [0.15, 0.2) is 36.5 Å². The zero-order valence-electron chi connectivity index (χ0n) is 13.5. The highest BCUT2D eigenvalue weighted by molar-refractivity contribution is 5.58. The van der Waals surface area contributed by atoms with Gasteiger partial charge in [0.25, 0.3) is 0 Å². The highest BCUT2D eigenvalue weighted by Gasteiger charge is 2.25. The van der Waals surface area contributed by atoms with Gasteiger partial charge >= 0.3 is 5.69 Å². The van der Waals surface area contributed by atoms with E-state index in [1.807, 2.05) is 30.0 Å². The van der Waals surface area contributed by atoms with Crippen LogP contribution >= 0.6 is 0 Å². The fourth-order valence-corrected chi connectivity index (χ4v) is 2.73. The fraction of sp³-hybridized carbons (Fsp3) is 0.375. The molecule has 24 heavy (non-hydrogen) atoms. The van der Waals surface area contributed by atoms with Crippen LogP contribution in [0, 0.1) is 10.1 Å². The minimum atomic E-state index is -0.387. The molecule has 0 radical (unpaired) electrons. The molecule has 8 heteroatoms. The third-order valence-corrected chi connectivity index (χ3v) is 3.87. The molecule has 2 aromatic heterocycles. The first-order valence-electron chi connectivity index (χ1n) is 7.88. The predicted octanol–water partition coefficient (Wildman–Crippen LogP) is 2.11. The standard InChI is InChI=1S/C16H19N5O3/c1-2-24-15-7-3-6-14(18-15)19-9-11-20(12-10-19)16-13(21(22)23)5-4-8-17-16/h3-8H,2,9-12H2,1H3. The summed E-state index contributed by atoms with van der Waals surface area (Å²) in [4.78, 5) is 23.5. The van der Waals surface area contributed by atoms with Gasteiger partial charge in [0, 0.05) is 44.5 Å². The third kappa shape index (κ3) is 3.37. The Hall–Kier alpha value is -2.90. The second-order valence-corrected chi connectivity index (χ2v) is 5.34. The number of nitrogens with zero attached hydrogens (tertiary/aromatic N) is 5. The average Bonchev–Trinajstić information content (AvgIpc) is 2.62. The van der Waals surface area contributed by atoms with E-state index in [2.05, 4.69) is 14.9 Å². The number of ether oxygens (including phenoxy) is 1. The summed E-state index contributed by atoms with van der Waals surface area (Å²) in [5.41, 5.74) is 0.0439. The van der Waals surface area contributed by atoms with Crippen molar-refractivity contribution in [3.63, 3.8) is 0 Å². The maximum absolute atomic E-state index is 11.2. The van der Waals surface area contributed by atoms with Crippen LogP contribution in [0.25, 0.3) is 0 Å². The highest BCUT2D eigenvalue weighted by Crippen LogP contribution is 2.26. The highest BCUT2D eigenvalue weighted by atomic mass is 16.6. The molecular weight excluding hydrogens is 310 g/mol. The lowest BCUT2D eigenvalue weighted by Gasteiger charge is -2.35. The number of hydrogen-bond donors (Lipinski definition) is 0. The van der Waals surface area contributed by atoms with Crippen LogP contribution in [0.2, 0.25) is 0 Å². The average molecular weight is 329 g/mol. The Morgan fingerprint density at radius 1 is 1.17 bits per heavy atom. The lowest BCUT2D eigenvalue weighted by atomic mass is 10.2. The molecule has 0 saturated carbocycles. The zero-order chi connectivity index (χ0) is 16.9. The largest absolute Gasteiger partial charge is 0.478 e. The van der Waals surface area contributed by atoms with E-state index < -0.39 is 0 Å². The molecule has 2 aromatic rings. The first kappa shape index (κ1) is 16.0. The normalized spacial score (nSPS) is 14.5. The molecule has 0 unspecified atom stereocenters. The summed E-state index contributed by atoms with van der Waals surface area (Å²) in [5.74, 6) is 1.90. The summed E-state index contributed by atoms with van der Waals surface area (Å²) < 4.78 is 5.44. The Morgan fingerprint density at radius 2 is 1.92 bits per heavy atom. The smallest absolute Gasteiger partial charge is 0.311 e. The van der Waals surface area contributed by atoms with Crippen molar-refractivity contribution in [2.45, 2.75) is 6.92 Å². The van der Waals surface area contributed by atoms with Crippen molar-refractivity contribution < 1.29 is 9.66 Å². The number of piperazine rings is 1. The Kier molecular flexibility index (Phi) is 4.74. The van der Waals surface area contributed by atoms with Crippen molar-refractivity contribution >= 4 is 17.3 Å². The second-order valence-electron chi connectivity index (χ2n) is 5.34. The van der Waals surface area contributed by atoms with Gasteiger partial charge < -0.3 is 14.5 Å². The molecule has 1 aliphatic heterocycles. The Balaban J connectivity index is 1.70. The molecule has 3 rings (SSSR count). The molecule has 3 heterocycles. The third-order valence-electron chi connectivity index (χ3n) is 3.87. The van der Waals surface area contributed by atoms with Gasteiger partial charge in [0.05, 0.1) is 11.5 Å². The van der Waals surface area contributed by atoms with Crippen LogP contribution in [-0.2, 0) is 0 Å². The number of pyridine rings is 2. The number of hydrogen-bond acceptors (Lipinski definition) is 7. The van der Waals surface area contributed by atoms with Crippen molar-refractivity contribution in [3.05, 3.63) is 46.6 Å². The van der Waals surface area contributed by atoms with E-state index in [-0.39, 0.29) is 10.6 Å². The molecule has 0 N–H and O–H groups in total. The molecule has 0 spiro atoms. The van der Waals surface area contributed by atoms with E-state index in [1.165, 1.54) is 6.07 Å². The van der Waals surface area contributed by atoms with E-state index in [1.54, 1.807) is 12.3 Å². The van der Waals surface area contributed by atoms with Gasteiger partial charge in [0.15, 0.2) is 0 Å². The van der Waals surface area contributed by atoms with Crippen molar-refractivity contribution in [3.8, 4) is 5.88 Å². The molecule has 0 atom stereocenters. The molecule has 0 aliphatic carbocycles. The number of aromatic nitrogens is 2. The summed E-state index contributed by atoms with van der Waals surface area (Å²) in [7, 11) is 0. The predicted molar refractivity (Wildman–Crippen MR) is 90.7 cm³/mol. The number of nitro groups is 1. The Morgan fingerprint density at radius 3 is 2.62 bits per heavy atom. The van der Waals surface area contributed by atoms with Crippen molar-refractivity contribution in [1.29, 1.82) is 0 Å². The quantitative estimate of drug-likeness (QED) is 0.613. The Bertz CT molecular complexity index is 716. The van der Waals surface area contributed by atoms with E-state index in [4.69, 9.17) is 4.74 Å². The SMILES string of the molecule is CCOc1cccc(N2CCN(c3ncccc3[N+](=O)[O-])CC2)n1. The molecule has 126 valence electrons. The summed E-state index contributed by atoms with van der Waals surface area (Å²) >= 11 is 0. The number of anilines is 2. The minimum Gasteiger partial charge on any atom is -0.478 e. The molecule has 8 nitrogen and oxygen atoms in total. The van der Waals surface area contributed by atoms with Gasteiger partial charge in [-0.05, 0) is 19.1 Å². The summed E-state index contributed by atoms with van der Waals surface area (Å²) in [6.45, 7) is 5.24. The Labute approximate surface area is 139 Å². The molecule has 0 bridgehead atoms. The van der Waals surface area contributed by atoms with Gasteiger partial charge in [0.2, 0.25) is 11.7 Å². The first-order valence-corrected chi connectivity index (χ1v) is 7.88. The maximum Gasteiger partial charge on any atom is 0.311 e. The van der Waals surface area contributed by atoms with Crippen LogP contribution in [-0.4, -0.2) is 47.7 Å². The monoisotopic (exact) mass is 329 g/mol. The van der Waals surface area contributed by atoms with Crippen LogP contribution in [0.1, 0.15) is 6.92 Å². The topological polar surface area (TPSA) is 84.6 Å². The lowest BCUT2D eigenvalue weighted by molar-refractivity contribution is -0.384. The van der Waals surface area contributed by atoms with Gasteiger partial charge in [-0.3, -0.25) is 10.1 Å². The molecule has 1 aliphatic rings.